The standard InChI is InChI=1S/C17H27N3O/c1-6-21-16(17(2,3)4)13(18)11-14-12-9-7-8-10-15(12)20(5)19-14/h7-10,13,16H,6,11,18H2,1-5H3. The molecule has 0 bridgehead atoms. The molecule has 0 saturated heterocycles. The van der Waals surface area contributed by atoms with Crippen LogP contribution < -0.4 is 5.73 Å². The van der Waals surface area contributed by atoms with Gasteiger partial charge in [0.05, 0.1) is 17.3 Å². The Morgan fingerprint density at radius 3 is 2.57 bits per heavy atom. The average Bonchev–Trinajstić information content (AvgIpc) is 2.72. The van der Waals surface area contributed by atoms with E-state index in [1.165, 1.54) is 5.39 Å². The zero-order chi connectivity index (χ0) is 15.6. The highest BCUT2D eigenvalue weighted by Gasteiger charge is 2.31. The molecule has 0 aliphatic rings. The van der Waals surface area contributed by atoms with E-state index in [-0.39, 0.29) is 17.6 Å². The fourth-order valence-corrected chi connectivity index (χ4v) is 2.97. The molecule has 1 heterocycles. The second-order valence-corrected chi connectivity index (χ2v) is 6.70. The van der Waals surface area contributed by atoms with Crippen molar-refractivity contribution in [2.24, 2.45) is 18.2 Å². The Bertz CT molecular complexity index is 598. The van der Waals surface area contributed by atoms with Gasteiger partial charge in [-0.05, 0) is 18.4 Å². The fourth-order valence-electron chi connectivity index (χ4n) is 2.97. The molecule has 4 heteroatoms. The number of aromatic nitrogens is 2. The minimum absolute atomic E-state index is 0.0139. The topological polar surface area (TPSA) is 53.1 Å². The lowest BCUT2D eigenvalue weighted by Crippen LogP contribution is -2.46. The first-order valence-electron chi connectivity index (χ1n) is 7.62. The summed E-state index contributed by atoms with van der Waals surface area (Å²) in [5, 5.41) is 5.82. The first-order valence-corrected chi connectivity index (χ1v) is 7.62. The van der Waals surface area contributed by atoms with Crippen LogP contribution in [-0.4, -0.2) is 28.5 Å². The highest BCUT2D eigenvalue weighted by molar-refractivity contribution is 5.81. The number of fused-ring (bicyclic) bond motifs is 1. The smallest absolute Gasteiger partial charge is 0.0777 e. The van der Waals surface area contributed by atoms with Crippen LogP contribution in [0.5, 0.6) is 0 Å². The van der Waals surface area contributed by atoms with Gasteiger partial charge < -0.3 is 10.5 Å². The molecule has 4 nitrogen and oxygen atoms in total. The summed E-state index contributed by atoms with van der Waals surface area (Å²) in [5.41, 5.74) is 8.65. The van der Waals surface area contributed by atoms with E-state index in [2.05, 4.69) is 38.0 Å². The first-order chi connectivity index (χ1) is 9.84. The molecule has 1 aromatic carbocycles. The first kappa shape index (κ1) is 16.0. The number of hydrogen-bond donors (Lipinski definition) is 1. The van der Waals surface area contributed by atoms with E-state index in [9.17, 15) is 0 Å². The van der Waals surface area contributed by atoms with Crippen molar-refractivity contribution in [3.05, 3.63) is 30.0 Å². The number of ether oxygens (including phenoxy) is 1. The Balaban J connectivity index is 2.26. The summed E-state index contributed by atoms with van der Waals surface area (Å²) >= 11 is 0. The van der Waals surface area contributed by atoms with Gasteiger partial charge >= 0.3 is 0 Å². The minimum Gasteiger partial charge on any atom is -0.376 e. The monoisotopic (exact) mass is 289 g/mol. The lowest BCUT2D eigenvalue weighted by Gasteiger charge is -2.34. The van der Waals surface area contributed by atoms with Gasteiger partial charge in [-0.15, -0.1) is 0 Å². The minimum atomic E-state index is -0.0664. The summed E-state index contributed by atoms with van der Waals surface area (Å²) in [6, 6.07) is 8.20. The second kappa shape index (κ2) is 6.16. The molecule has 2 rings (SSSR count). The molecule has 0 aliphatic heterocycles. The van der Waals surface area contributed by atoms with Crippen molar-refractivity contribution in [1.82, 2.24) is 9.78 Å². The van der Waals surface area contributed by atoms with Crippen molar-refractivity contribution in [3.8, 4) is 0 Å². The zero-order valence-corrected chi connectivity index (χ0v) is 13.8. The fraction of sp³-hybridized carbons (Fsp3) is 0.588. The van der Waals surface area contributed by atoms with E-state index in [1.807, 2.05) is 30.8 Å². The highest BCUT2D eigenvalue weighted by Crippen LogP contribution is 2.27. The van der Waals surface area contributed by atoms with Gasteiger partial charge in [-0.3, -0.25) is 4.68 Å². The maximum absolute atomic E-state index is 6.45. The molecule has 0 saturated carbocycles. The molecule has 2 unspecified atom stereocenters. The van der Waals surface area contributed by atoms with Gasteiger partial charge in [0.1, 0.15) is 0 Å². The van der Waals surface area contributed by atoms with E-state index in [4.69, 9.17) is 10.5 Å². The van der Waals surface area contributed by atoms with Gasteiger partial charge in [0, 0.05) is 31.5 Å². The van der Waals surface area contributed by atoms with Crippen LogP contribution in [0.4, 0.5) is 0 Å². The van der Waals surface area contributed by atoms with Crippen LogP contribution in [0.25, 0.3) is 10.9 Å². The molecule has 1 aromatic heterocycles. The molecular formula is C17H27N3O. The van der Waals surface area contributed by atoms with E-state index in [0.29, 0.717) is 6.61 Å². The largest absolute Gasteiger partial charge is 0.376 e. The van der Waals surface area contributed by atoms with E-state index >= 15 is 0 Å². The number of nitrogens with two attached hydrogens (primary N) is 1. The molecule has 0 aliphatic carbocycles. The molecule has 116 valence electrons. The van der Waals surface area contributed by atoms with E-state index < -0.39 is 0 Å². The Labute approximate surface area is 127 Å². The van der Waals surface area contributed by atoms with Crippen molar-refractivity contribution in [1.29, 1.82) is 0 Å². The molecule has 0 radical (unpaired) electrons. The molecule has 0 amide bonds. The van der Waals surface area contributed by atoms with Gasteiger partial charge in [-0.25, -0.2) is 0 Å². The van der Waals surface area contributed by atoms with E-state index in [1.54, 1.807) is 0 Å². The predicted molar refractivity (Wildman–Crippen MR) is 87.3 cm³/mol. The molecular weight excluding hydrogens is 262 g/mol. The third kappa shape index (κ3) is 3.44. The highest BCUT2D eigenvalue weighted by atomic mass is 16.5. The lowest BCUT2D eigenvalue weighted by atomic mass is 9.83. The van der Waals surface area contributed by atoms with Crippen LogP contribution in [-0.2, 0) is 18.2 Å². The Morgan fingerprint density at radius 2 is 1.95 bits per heavy atom. The quantitative estimate of drug-likeness (QED) is 0.921. The summed E-state index contributed by atoms with van der Waals surface area (Å²) < 4.78 is 7.82. The molecule has 0 spiro atoms. The predicted octanol–water partition coefficient (Wildman–Crippen LogP) is 2.89. The SMILES string of the molecule is CCOC(C(N)Cc1nn(C)c2ccccc12)C(C)(C)C. The maximum Gasteiger partial charge on any atom is 0.0777 e. The molecule has 2 N–H and O–H groups in total. The Morgan fingerprint density at radius 1 is 1.29 bits per heavy atom. The van der Waals surface area contributed by atoms with Crippen molar-refractivity contribution < 1.29 is 4.74 Å². The number of hydrogen-bond acceptors (Lipinski definition) is 3. The van der Waals surface area contributed by atoms with Crippen LogP contribution >= 0.6 is 0 Å². The Hall–Kier alpha value is -1.39. The average molecular weight is 289 g/mol. The summed E-state index contributed by atoms with van der Waals surface area (Å²) in [6.07, 6.45) is 0.742. The molecule has 0 fully saturated rings. The second-order valence-electron chi connectivity index (χ2n) is 6.70. The number of para-hydroxylation sites is 1. The van der Waals surface area contributed by atoms with Crippen LogP contribution in [0.3, 0.4) is 0 Å². The summed E-state index contributed by atoms with van der Waals surface area (Å²) in [7, 11) is 1.97. The van der Waals surface area contributed by atoms with Gasteiger partial charge in [0.2, 0.25) is 0 Å². The maximum atomic E-state index is 6.45. The van der Waals surface area contributed by atoms with Crippen molar-refractivity contribution in [3.63, 3.8) is 0 Å². The third-order valence-electron chi connectivity index (χ3n) is 3.85. The van der Waals surface area contributed by atoms with Crippen molar-refractivity contribution >= 4 is 10.9 Å². The zero-order valence-electron chi connectivity index (χ0n) is 13.8. The van der Waals surface area contributed by atoms with Crippen LogP contribution in [0.1, 0.15) is 33.4 Å². The van der Waals surface area contributed by atoms with Gasteiger partial charge in [0.15, 0.2) is 0 Å². The molecule has 21 heavy (non-hydrogen) atoms. The van der Waals surface area contributed by atoms with Crippen LogP contribution in [0.2, 0.25) is 0 Å². The molecule has 2 atom stereocenters. The number of aryl methyl sites for hydroxylation is 1. The Kier molecular flexibility index (Phi) is 4.69. The number of rotatable bonds is 5. The van der Waals surface area contributed by atoms with Crippen molar-refractivity contribution in [2.75, 3.05) is 6.61 Å². The van der Waals surface area contributed by atoms with E-state index in [0.717, 1.165) is 17.6 Å². The van der Waals surface area contributed by atoms with Crippen LogP contribution in [0.15, 0.2) is 24.3 Å². The van der Waals surface area contributed by atoms with Gasteiger partial charge in [-0.1, -0.05) is 39.0 Å². The van der Waals surface area contributed by atoms with Gasteiger partial charge in [-0.2, -0.15) is 5.10 Å². The number of nitrogens with zero attached hydrogens (tertiary/aromatic N) is 2. The van der Waals surface area contributed by atoms with Crippen molar-refractivity contribution in [2.45, 2.75) is 46.3 Å². The van der Waals surface area contributed by atoms with Crippen LogP contribution in [0, 0.1) is 5.41 Å². The summed E-state index contributed by atoms with van der Waals surface area (Å²) in [6.45, 7) is 9.21. The summed E-state index contributed by atoms with van der Waals surface area (Å²) in [5.74, 6) is 0. The van der Waals surface area contributed by atoms with Gasteiger partial charge in [0.25, 0.3) is 0 Å². The lowest BCUT2D eigenvalue weighted by molar-refractivity contribution is -0.0275. The summed E-state index contributed by atoms with van der Waals surface area (Å²) in [4.78, 5) is 0. The molecule has 2 aromatic rings. The normalized spacial score (nSPS) is 15.3. The third-order valence-corrected chi connectivity index (χ3v) is 3.85. The number of benzene rings is 1.